The molecule has 0 bridgehead atoms. The van der Waals surface area contributed by atoms with E-state index in [1.807, 2.05) is 20.0 Å². The second-order valence-corrected chi connectivity index (χ2v) is 5.24. The summed E-state index contributed by atoms with van der Waals surface area (Å²) in [5.74, 6) is 0. The van der Waals surface area contributed by atoms with Crippen LogP contribution in [0.3, 0.4) is 0 Å². The Labute approximate surface area is 119 Å². The van der Waals surface area contributed by atoms with Crippen LogP contribution in [0, 0.1) is 17.0 Å². The summed E-state index contributed by atoms with van der Waals surface area (Å²) in [6.45, 7) is 8.07. The van der Waals surface area contributed by atoms with Gasteiger partial charge in [0.1, 0.15) is 0 Å². The van der Waals surface area contributed by atoms with Crippen molar-refractivity contribution >= 4 is 11.4 Å². The van der Waals surface area contributed by atoms with E-state index in [1.54, 1.807) is 12.1 Å². The zero-order chi connectivity index (χ0) is 14.5. The van der Waals surface area contributed by atoms with E-state index >= 15 is 0 Å². The van der Waals surface area contributed by atoms with Crippen molar-refractivity contribution in [2.75, 3.05) is 51.2 Å². The van der Waals surface area contributed by atoms with Crippen LogP contribution in [-0.4, -0.2) is 56.1 Å². The molecule has 2 rings (SSSR count). The lowest BCUT2D eigenvalue weighted by Crippen LogP contribution is -2.46. The highest BCUT2D eigenvalue weighted by atomic mass is 16.6. The van der Waals surface area contributed by atoms with Crippen LogP contribution < -0.4 is 10.2 Å². The monoisotopic (exact) mass is 278 g/mol. The van der Waals surface area contributed by atoms with Crippen LogP contribution in [0.5, 0.6) is 0 Å². The predicted molar refractivity (Wildman–Crippen MR) is 80.4 cm³/mol. The Hall–Kier alpha value is -1.66. The molecule has 1 saturated heterocycles. The highest BCUT2D eigenvalue weighted by molar-refractivity contribution is 5.58. The largest absolute Gasteiger partial charge is 0.373 e. The second-order valence-electron chi connectivity index (χ2n) is 5.24. The minimum Gasteiger partial charge on any atom is -0.373 e. The highest BCUT2D eigenvalue weighted by Crippen LogP contribution is 2.24. The van der Waals surface area contributed by atoms with E-state index in [0.717, 1.165) is 50.5 Å². The molecule has 1 heterocycles. The number of aryl methyl sites for hydroxylation is 1. The average Bonchev–Trinajstić information content (AvgIpc) is 2.46. The van der Waals surface area contributed by atoms with E-state index in [2.05, 4.69) is 15.1 Å². The smallest absolute Gasteiger partial charge is 0.271 e. The number of anilines is 1. The molecule has 1 fully saturated rings. The fourth-order valence-electron chi connectivity index (χ4n) is 2.47. The molecule has 20 heavy (non-hydrogen) atoms. The minimum atomic E-state index is -0.340. The zero-order valence-corrected chi connectivity index (χ0v) is 12.1. The molecule has 0 saturated carbocycles. The SMILES string of the molecule is Cc1ccc([N+](=O)[O-])cc1N(C)CCN1CCNCC1. The Balaban J connectivity index is 1.98. The number of hydrogen-bond acceptors (Lipinski definition) is 5. The standard InChI is InChI=1S/C14H22N4O2/c1-12-3-4-13(18(19)20)11-14(12)16(2)9-10-17-7-5-15-6-8-17/h3-4,11,15H,5-10H2,1-2H3. The number of rotatable bonds is 5. The van der Waals surface area contributed by atoms with Crippen LogP contribution >= 0.6 is 0 Å². The van der Waals surface area contributed by atoms with E-state index < -0.39 is 0 Å². The first kappa shape index (κ1) is 14.7. The Morgan fingerprint density at radius 1 is 1.40 bits per heavy atom. The van der Waals surface area contributed by atoms with Gasteiger partial charge in [-0.15, -0.1) is 0 Å². The molecule has 0 radical (unpaired) electrons. The number of nitrogens with zero attached hydrogens (tertiary/aromatic N) is 3. The van der Waals surface area contributed by atoms with Gasteiger partial charge in [0.2, 0.25) is 0 Å². The number of piperazine rings is 1. The van der Waals surface area contributed by atoms with Gasteiger partial charge in [-0.3, -0.25) is 15.0 Å². The number of hydrogen-bond donors (Lipinski definition) is 1. The first-order valence-electron chi connectivity index (χ1n) is 6.97. The van der Waals surface area contributed by atoms with Crippen molar-refractivity contribution in [1.29, 1.82) is 0 Å². The topological polar surface area (TPSA) is 61.7 Å². The summed E-state index contributed by atoms with van der Waals surface area (Å²) in [6, 6.07) is 5.03. The van der Waals surface area contributed by atoms with Crippen molar-refractivity contribution in [2.24, 2.45) is 0 Å². The van der Waals surface area contributed by atoms with Gasteiger partial charge in [0.15, 0.2) is 0 Å². The lowest BCUT2D eigenvalue weighted by Gasteiger charge is -2.30. The molecule has 1 aromatic rings. The summed E-state index contributed by atoms with van der Waals surface area (Å²) >= 11 is 0. The molecule has 1 aromatic carbocycles. The summed E-state index contributed by atoms with van der Waals surface area (Å²) in [6.07, 6.45) is 0. The minimum absolute atomic E-state index is 0.152. The fraction of sp³-hybridized carbons (Fsp3) is 0.571. The number of non-ortho nitro benzene ring substituents is 1. The van der Waals surface area contributed by atoms with Crippen molar-refractivity contribution < 1.29 is 4.92 Å². The third kappa shape index (κ3) is 3.68. The van der Waals surface area contributed by atoms with Crippen molar-refractivity contribution in [1.82, 2.24) is 10.2 Å². The number of nitro groups is 1. The number of nitro benzene ring substituents is 1. The van der Waals surface area contributed by atoms with Gasteiger partial charge >= 0.3 is 0 Å². The molecular formula is C14H22N4O2. The molecule has 1 N–H and O–H groups in total. The maximum absolute atomic E-state index is 10.9. The molecular weight excluding hydrogens is 256 g/mol. The highest BCUT2D eigenvalue weighted by Gasteiger charge is 2.14. The Morgan fingerprint density at radius 3 is 2.75 bits per heavy atom. The number of benzene rings is 1. The van der Waals surface area contributed by atoms with Gasteiger partial charge in [0.25, 0.3) is 5.69 Å². The molecule has 0 aromatic heterocycles. The van der Waals surface area contributed by atoms with Crippen LogP contribution in [0.1, 0.15) is 5.56 Å². The van der Waals surface area contributed by atoms with E-state index in [0.29, 0.717) is 0 Å². The van der Waals surface area contributed by atoms with Crippen molar-refractivity contribution in [3.05, 3.63) is 33.9 Å². The molecule has 0 aliphatic carbocycles. The summed E-state index contributed by atoms with van der Waals surface area (Å²) in [4.78, 5) is 15.0. The first-order chi connectivity index (χ1) is 9.58. The first-order valence-corrected chi connectivity index (χ1v) is 6.97. The van der Waals surface area contributed by atoms with Crippen molar-refractivity contribution in [3.63, 3.8) is 0 Å². The van der Waals surface area contributed by atoms with Gasteiger partial charge in [-0.1, -0.05) is 6.07 Å². The second kappa shape index (κ2) is 6.67. The van der Waals surface area contributed by atoms with Crippen molar-refractivity contribution in [3.8, 4) is 0 Å². The molecule has 1 aliphatic rings. The maximum Gasteiger partial charge on any atom is 0.271 e. The van der Waals surface area contributed by atoms with Gasteiger partial charge in [-0.25, -0.2) is 0 Å². The quantitative estimate of drug-likeness (QED) is 0.648. The third-order valence-electron chi connectivity index (χ3n) is 3.78. The van der Waals surface area contributed by atoms with Crippen LogP contribution in [-0.2, 0) is 0 Å². The molecule has 0 spiro atoms. The summed E-state index contributed by atoms with van der Waals surface area (Å²) in [5.41, 5.74) is 2.16. The molecule has 110 valence electrons. The zero-order valence-electron chi connectivity index (χ0n) is 12.1. The fourth-order valence-corrected chi connectivity index (χ4v) is 2.47. The van der Waals surface area contributed by atoms with Gasteiger partial charge < -0.3 is 10.2 Å². The Bertz CT molecular complexity index is 472. The van der Waals surface area contributed by atoms with E-state index in [9.17, 15) is 10.1 Å². The van der Waals surface area contributed by atoms with E-state index in [1.165, 1.54) is 0 Å². The summed E-state index contributed by atoms with van der Waals surface area (Å²) in [7, 11) is 1.99. The molecule has 6 heteroatoms. The summed E-state index contributed by atoms with van der Waals surface area (Å²) in [5, 5.41) is 14.2. The number of likely N-dealkylation sites (N-methyl/N-ethyl adjacent to an activating group) is 1. The van der Waals surface area contributed by atoms with Gasteiger partial charge in [-0.2, -0.15) is 0 Å². The normalized spacial score (nSPS) is 16.1. The predicted octanol–water partition coefficient (Wildman–Crippen LogP) is 1.24. The Kier molecular flexibility index (Phi) is 4.92. The maximum atomic E-state index is 10.9. The Morgan fingerprint density at radius 2 is 2.10 bits per heavy atom. The van der Waals surface area contributed by atoms with Crippen molar-refractivity contribution in [2.45, 2.75) is 6.92 Å². The van der Waals surface area contributed by atoms with Gasteiger partial charge in [0, 0.05) is 64.1 Å². The van der Waals surface area contributed by atoms with E-state index in [4.69, 9.17) is 0 Å². The van der Waals surface area contributed by atoms with Gasteiger partial charge in [-0.05, 0) is 12.5 Å². The van der Waals surface area contributed by atoms with Crippen LogP contribution in [0.25, 0.3) is 0 Å². The van der Waals surface area contributed by atoms with Crippen LogP contribution in [0.4, 0.5) is 11.4 Å². The lowest BCUT2D eigenvalue weighted by molar-refractivity contribution is -0.384. The lowest BCUT2D eigenvalue weighted by atomic mass is 10.1. The molecule has 0 amide bonds. The molecule has 0 atom stereocenters. The molecule has 6 nitrogen and oxygen atoms in total. The van der Waals surface area contributed by atoms with Gasteiger partial charge in [0.05, 0.1) is 4.92 Å². The van der Waals surface area contributed by atoms with E-state index in [-0.39, 0.29) is 10.6 Å². The van der Waals surface area contributed by atoms with Crippen LogP contribution in [0.2, 0.25) is 0 Å². The molecule has 1 aliphatic heterocycles. The average molecular weight is 278 g/mol. The van der Waals surface area contributed by atoms with Crippen LogP contribution in [0.15, 0.2) is 18.2 Å². The number of nitrogens with one attached hydrogen (secondary N) is 1. The molecule has 0 unspecified atom stereocenters. The summed E-state index contributed by atoms with van der Waals surface area (Å²) < 4.78 is 0. The third-order valence-corrected chi connectivity index (χ3v) is 3.78.